The minimum atomic E-state index is -5.02. The van der Waals surface area contributed by atoms with E-state index in [2.05, 4.69) is 174 Å². The van der Waals surface area contributed by atoms with Gasteiger partial charge in [0.25, 0.3) is 0 Å². The van der Waals surface area contributed by atoms with Gasteiger partial charge in [0, 0.05) is 25.7 Å². The average molecular weight is 1600 g/mol. The molecule has 636 valence electrons. The number of allylic oxidation sites excluding steroid dienone is 30. The quantitative estimate of drug-likeness (QED) is 0.0169. The molecule has 19 heteroatoms. The summed E-state index contributed by atoms with van der Waals surface area (Å²) in [7, 11) is -10.0. The number of esters is 4. The van der Waals surface area contributed by atoms with Gasteiger partial charge < -0.3 is 33.8 Å². The molecule has 5 atom stereocenters. The van der Waals surface area contributed by atoms with Crippen molar-refractivity contribution in [3.05, 3.63) is 182 Å². The first-order chi connectivity index (χ1) is 54.7. The number of aliphatic hydroxyl groups excluding tert-OH is 1. The van der Waals surface area contributed by atoms with Crippen molar-refractivity contribution in [2.45, 2.75) is 341 Å². The molecule has 0 radical (unpaired) electrons. The Kier molecular flexibility index (Phi) is 78.8. The Morgan fingerprint density at radius 2 is 0.482 bits per heavy atom. The number of carbonyl (C=O) groups is 4. The number of carbonyl (C=O) groups excluding carboxylic acids is 4. The van der Waals surface area contributed by atoms with Crippen LogP contribution in [0.4, 0.5) is 0 Å². The Morgan fingerprint density at radius 3 is 0.804 bits per heavy atom. The van der Waals surface area contributed by atoms with Crippen LogP contribution in [0.2, 0.25) is 0 Å². The minimum absolute atomic E-state index is 0.0219. The highest BCUT2D eigenvalue weighted by Crippen LogP contribution is 2.45. The van der Waals surface area contributed by atoms with Gasteiger partial charge in [0.1, 0.15) is 19.3 Å². The number of hydrogen-bond donors (Lipinski definition) is 3. The number of phosphoric ester groups is 2. The van der Waals surface area contributed by atoms with Crippen molar-refractivity contribution in [1.82, 2.24) is 0 Å². The molecule has 0 aromatic carbocycles. The first kappa shape index (κ1) is 106. The van der Waals surface area contributed by atoms with Crippen LogP contribution in [0.1, 0.15) is 323 Å². The maximum absolute atomic E-state index is 13.1. The van der Waals surface area contributed by atoms with E-state index in [1.807, 2.05) is 36.5 Å². The van der Waals surface area contributed by atoms with Crippen LogP contribution in [0.15, 0.2) is 182 Å². The minimum Gasteiger partial charge on any atom is -0.462 e. The molecule has 0 heterocycles. The lowest BCUT2D eigenvalue weighted by Crippen LogP contribution is -2.30. The normalized spacial score (nSPS) is 14.7. The van der Waals surface area contributed by atoms with Gasteiger partial charge in [-0.25, -0.2) is 9.13 Å². The van der Waals surface area contributed by atoms with Crippen LogP contribution in [-0.2, 0) is 65.4 Å². The van der Waals surface area contributed by atoms with E-state index in [-0.39, 0.29) is 25.7 Å². The molecule has 0 aromatic heterocycles. The fraction of sp³-hybridized carbons (Fsp3) is 0.634. The fourth-order valence-electron chi connectivity index (χ4n) is 10.9. The van der Waals surface area contributed by atoms with Gasteiger partial charge in [0.15, 0.2) is 12.2 Å². The number of aliphatic hydroxyl groups is 1. The molecule has 0 amide bonds. The van der Waals surface area contributed by atoms with Crippen molar-refractivity contribution in [3.8, 4) is 0 Å². The zero-order valence-electron chi connectivity index (χ0n) is 69.8. The first-order valence-corrected chi connectivity index (χ1v) is 46.0. The fourth-order valence-corrected chi connectivity index (χ4v) is 12.4. The van der Waals surface area contributed by atoms with Crippen LogP contribution in [-0.4, -0.2) is 96.7 Å². The number of hydrogen-bond acceptors (Lipinski definition) is 15. The van der Waals surface area contributed by atoms with Crippen molar-refractivity contribution < 1.29 is 80.2 Å². The molecule has 0 spiro atoms. The van der Waals surface area contributed by atoms with E-state index in [1.54, 1.807) is 0 Å². The number of phosphoric acid groups is 2. The highest BCUT2D eigenvalue weighted by atomic mass is 31.2. The van der Waals surface area contributed by atoms with Crippen LogP contribution in [0, 0.1) is 0 Å². The molecular formula is C93H152O17P2. The van der Waals surface area contributed by atoms with Crippen LogP contribution in [0.25, 0.3) is 0 Å². The molecule has 0 bridgehead atoms. The Labute approximate surface area is 679 Å². The van der Waals surface area contributed by atoms with Gasteiger partial charge in [-0.3, -0.25) is 37.3 Å². The summed E-state index contributed by atoms with van der Waals surface area (Å²) < 4.78 is 68.6. The Bertz CT molecular complexity index is 2840. The molecule has 0 fully saturated rings. The Morgan fingerprint density at radius 1 is 0.259 bits per heavy atom. The third-order valence-corrected chi connectivity index (χ3v) is 19.3. The van der Waals surface area contributed by atoms with Crippen LogP contribution in [0.5, 0.6) is 0 Å². The second kappa shape index (κ2) is 83.1. The van der Waals surface area contributed by atoms with Crippen molar-refractivity contribution in [1.29, 1.82) is 0 Å². The van der Waals surface area contributed by atoms with Crippen LogP contribution >= 0.6 is 15.6 Å². The molecule has 112 heavy (non-hydrogen) atoms. The smallest absolute Gasteiger partial charge is 0.462 e. The van der Waals surface area contributed by atoms with E-state index >= 15 is 0 Å². The monoisotopic (exact) mass is 1600 g/mol. The summed E-state index contributed by atoms with van der Waals surface area (Å²) in [6.07, 6.45) is 102. The Hall–Kier alpha value is -5.84. The van der Waals surface area contributed by atoms with Crippen molar-refractivity contribution in [2.75, 3.05) is 39.6 Å². The molecule has 0 aliphatic heterocycles. The molecule has 0 aromatic rings. The predicted molar refractivity (Wildman–Crippen MR) is 463 cm³/mol. The summed E-state index contributed by atoms with van der Waals surface area (Å²) in [4.78, 5) is 73.2. The van der Waals surface area contributed by atoms with E-state index in [0.29, 0.717) is 38.5 Å². The highest BCUT2D eigenvalue weighted by Gasteiger charge is 2.30. The summed E-state index contributed by atoms with van der Waals surface area (Å²) in [5.41, 5.74) is 0. The molecular weight excluding hydrogens is 1450 g/mol. The van der Waals surface area contributed by atoms with E-state index < -0.39 is 97.5 Å². The lowest BCUT2D eigenvalue weighted by atomic mass is 10.0. The first-order valence-electron chi connectivity index (χ1n) is 43.0. The standard InChI is InChI=1S/C93H152O17P2/c1-5-9-13-17-21-25-29-33-37-40-43-46-50-54-58-62-66-70-74-78-91(96)104-84-89(110-93(98)80-76-72-68-64-60-56-52-48-45-42-39-35-31-27-23-19-15-11-7-3)86-108-112(101,102)106-82-87(94)81-105-111(99,100)107-85-88(83-103-90(95)77-73-69-65-61-57-53-49-36-32-28-24-20-16-12-8-4)109-92(97)79-75-71-67-63-59-55-51-47-44-41-38-34-30-26-22-18-14-10-6-2/h11,15,21-23,25-27,33-35,37-39,43-48,54-56,58-60,66-67,70-71,87-89,94H,5-10,12-14,16-20,24,28-32,36,40-42,49-53,57,61-65,68-69,72-86H2,1-4H3,(H,99,100)(H,101,102)/b15-11-,25-21-,26-22-,27-23-,37-33-,38-34-,39-35-,46-43-,47-44-,48-45-,58-54-,59-55-,60-56-,70-66-,71-67-/t87-,88+,89+/m0/s1. The molecule has 2 unspecified atom stereocenters. The summed E-state index contributed by atoms with van der Waals surface area (Å²) in [6.45, 7) is 4.51. The van der Waals surface area contributed by atoms with Gasteiger partial charge in [-0.15, -0.1) is 0 Å². The van der Waals surface area contributed by atoms with Crippen molar-refractivity contribution in [3.63, 3.8) is 0 Å². The molecule has 3 N–H and O–H groups in total. The summed E-state index contributed by atoms with van der Waals surface area (Å²) in [5.74, 6) is -2.41. The van der Waals surface area contributed by atoms with Gasteiger partial charge in [-0.05, 0) is 148 Å². The van der Waals surface area contributed by atoms with E-state index in [9.17, 15) is 43.2 Å². The summed E-state index contributed by atoms with van der Waals surface area (Å²) in [5, 5.41) is 10.7. The van der Waals surface area contributed by atoms with Gasteiger partial charge >= 0.3 is 39.5 Å². The third kappa shape index (κ3) is 82.2. The largest absolute Gasteiger partial charge is 0.472 e. The average Bonchev–Trinajstić information content (AvgIpc) is 0.907. The Balaban J connectivity index is 5.56. The highest BCUT2D eigenvalue weighted by molar-refractivity contribution is 7.47. The summed E-state index contributed by atoms with van der Waals surface area (Å²) in [6, 6.07) is 0. The molecule has 0 aliphatic rings. The predicted octanol–water partition coefficient (Wildman–Crippen LogP) is 25.9. The van der Waals surface area contributed by atoms with Crippen molar-refractivity contribution >= 4 is 39.5 Å². The second-order valence-electron chi connectivity index (χ2n) is 28.0. The second-order valence-corrected chi connectivity index (χ2v) is 30.9. The van der Waals surface area contributed by atoms with E-state index in [4.69, 9.17) is 37.0 Å². The zero-order chi connectivity index (χ0) is 81.7. The number of unbranched alkanes of at least 4 members (excludes halogenated alkanes) is 23. The van der Waals surface area contributed by atoms with Crippen LogP contribution in [0.3, 0.4) is 0 Å². The molecule has 0 aliphatic carbocycles. The van der Waals surface area contributed by atoms with Gasteiger partial charge in [0.2, 0.25) is 0 Å². The SMILES string of the molecule is CC/C=C\C/C=C\C/C=C\C/C=C\C/C=C\CCCCCC(=O)O[C@H](COC(=O)CC/C=C\C/C=C\C/C=C\C/C=C\C/C=C\CCCCC)COP(=O)(O)OC[C@@H](O)COP(=O)(O)OC[C@@H](COC(=O)CCCCCCCCCCCCCCCCC)OC(=O)CC/C=C\C/C=C\C/C=C\C/C=C\C/C=C\CCCCC. The number of ether oxygens (including phenoxy) is 4. The molecule has 0 saturated carbocycles. The van der Waals surface area contributed by atoms with Gasteiger partial charge in [0.05, 0.1) is 26.4 Å². The lowest BCUT2D eigenvalue weighted by Gasteiger charge is -2.21. The molecule has 0 saturated heterocycles. The maximum Gasteiger partial charge on any atom is 0.472 e. The van der Waals surface area contributed by atoms with E-state index in [1.165, 1.54) is 103 Å². The maximum atomic E-state index is 13.1. The van der Waals surface area contributed by atoms with Gasteiger partial charge in [-0.1, -0.05) is 332 Å². The topological polar surface area (TPSA) is 237 Å². The van der Waals surface area contributed by atoms with Crippen molar-refractivity contribution in [2.24, 2.45) is 0 Å². The zero-order valence-corrected chi connectivity index (χ0v) is 71.6. The lowest BCUT2D eigenvalue weighted by molar-refractivity contribution is -0.161. The van der Waals surface area contributed by atoms with Gasteiger partial charge in [-0.2, -0.15) is 0 Å². The number of rotatable bonds is 79. The molecule has 17 nitrogen and oxygen atoms in total. The molecule has 0 rings (SSSR count). The third-order valence-electron chi connectivity index (χ3n) is 17.4. The summed E-state index contributed by atoms with van der Waals surface area (Å²) >= 11 is 0. The van der Waals surface area contributed by atoms with E-state index in [0.717, 1.165) is 128 Å². The van der Waals surface area contributed by atoms with Crippen LogP contribution < -0.4 is 0 Å².